The first-order chi connectivity index (χ1) is 7.38. The quantitative estimate of drug-likeness (QED) is 0.817. The second-order valence-corrected chi connectivity index (χ2v) is 3.64. The number of rotatable bonds is 4. The zero-order chi connectivity index (χ0) is 10.5. The first-order valence-corrected chi connectivity index (χ1v) is 5.48. The lowest BCUT2D eigenvalue weighted by atomic mass is 10.3. The normalized spacial score (nSPS) is 20.2. The van der Waals surface area contributed by atoms with Gasteiger partial charge in [-0.15, -0.1) is 0 Å². The van der Waals surface area contributed by atoms with E-state index < -0.39 is 0 Å². The molecule has 0 aliphatic carbocycles. The van der Waals surface area contributed by atoms with Crippen LogP contribution >= 0.6 is 0 Å². The maximum atomic E-state index is 5.82. The molecule has 15 heavy (non-hydrogen) atoms. The van der Waals surface area contributed by atoms with Crippen LogP contribution in [0.25, 0.3) is 0 Å². The molecule has 3 heteroatoms. The summed E-state index contributed by atoms with van der Waals surface area (Å²) in [7, 11) is 0. The van der Waals surface area contributed by atoms with Gasteiger partial charge in [-0.05, 0) is 32.0 Å². The SMILES string of the molecule is CCOc1cccc(OC2CCNC2)c1. The van der Waals surface area contributed by atoms with Crippen LogP contribution in [0.3, 0.4) is 0 Å². The van der Waals surface area contributed by atoms with E-state index in [4.69, 9.17) is 9.47 Å². The highest BCUT2D eigenvalue weighted by Crippen LogP contribution is 2.21. The molecule has 0 saturated carbocycles. The van der Waals surface area contributed by atoms with Crippen molar-refractivity contribution in [1.82, 2.24) is 5.32 Å². The molecule has 0 bridgehead atoms. The van der Waals surface area contributed by atoms with E-state index >= 15 is 0 Å². The fraction of sp³-hybridized carbons (Fsp3) is 0.500. The zero-order valence-corrected chi connectivity index (χ0v) is 9.03. The fourth-order valence-electron chi connectivity index (χ4n) is 1.73. The van der Waals surface area contributed by atoms with Crippen LogP contribution in [0.5, 0.6) is 11.5 Å². The van der Waals surface area contributed by atoms with Crippen molar-refractivity contribution < 1.29 is 9.47 Å². The van der Waals surface area contributed by atoms with E-state index in [1.54, 1.807) is 0 Å². The van der Waals surface area contributed by atoms with E-state index in [1.165, 1.54) is 0 Å². The summed E-state index contributed by atoms with van der Waals surface area (Å²) in [5, 5.41) is 3.28. The molecule has 0 amide bonds. The Bertz CT molecular complexity index is 308. The Labute approximate surface area is 90.4 Å². The molecule has 1 aliphatic heterocycles. The van der Waals surface area contributed by atoms with E-state index in [1.807, 2.05) is 31.2 Å². The first-order valence-electron chi connectivity index (χ1n) is 5.48. The maximum Gasteiger partial charge on any atom is 0.123 e. The van der Waals surface area contributed by atoms with Crippen LogP contribution in [-0.2, 0) is 0 Å². The molecule has 3 nitrogen and oxygen atoms in total. The number of ether oxygens (including phenoxy) is 2. The summed E-state index contributed by atoms with van der Waals surface area (Å²) in [6.45, 7) is 4.66. The Hall–Kier alpha value is -1.22. The molecule has 0 radical (unpaired) electrons. The second kappa shape index (κ2) is 5.03. The molecule has 2 rings (SSSR count). The van der Waals surface area contributed by atoms with Crippen molar-refractivity contribution in [1.29, 1.82) is 0 Å². The molecule has 1 heterocycles. The molecule has 1 saturated heterocycles. The predicted octanol–water partition coefficient (Wildman–Crippen LogP) is 1.83. The molecule has 82 valence electrons. The Morgan fingerprint density at radius 2 is 2.27 bits per heavy atom. The average molecular weight is 207 g/mol. The van der Waals surface area contributed by atoms with Crippen LogP contribution in [0.4, 0.5) is 0 Å². The van der Waals surface area contributed by atoms with E-state index in [0.29, 0.717) is 12.7 Å². The van der Waals surface area contributed by atoms with Gasteiger partial charge in [0.1, 0.15) is 17.6 Å². The fourth-order valence-corrected chi connectivity index (χ4v) is 1.73. The standard InChI is InChI=1S/C12H17NO2/c1-2-14-10-4-3-5-11(8-10)15-12-6-7-13-9-12/h3-5,8,12-13H,2,6-7,9H2,1H3. The van der Waals surface area contributed by atoms with Crippen molar-refractivity contribution >= 4 is 0 Å². The molecule has 1 aromatic carbocycles. The lowest BCUT2D eigenvalue weighted by Gasteiger charge is -2.13. The van der Waals surface area contributed by atoms with Crippen LogP contribution in [0, 0.1) is 0 Å². The van der Waals surface area contributed by atoms with Crippen LogP contribution in [-0.4, -0.2) is 25.8 Å². The van der Waals surface area contributed by atoms with Gasteiger partial charge in [-0.3, -0.25) is 0 Å². The summed E-state index contributed by atoms with van der Waals surface area (Å²) in [6, 6.07) is 7.83. The molecule has 1 atom stereocenters. The van der Waals surface area contributed by atoms with E-state index in [0.717, 1.165) is 31.0 Å². The third-order valence-electron chi connectivity index (χ3n) is 2.43. The molecule has 1 unspecified atom stereocenters. The highest BCUT2D eigenvalue weighted by molar-refractivity contribution is 5.33. The Morgan fingerprint density at radius 3 is 3.00 bits per heavy atom. The Balaban J connectivity index is 1.97. The molecular formula is C12H17NO2. The number of nitrogens with one attached hydrogen (secondary N) is 1. The van der Waals surface area contributed by atoms with Crippen LogP contribution < -0.4 is 14.8 Å². The zero-order valence-electron chi connectivity index (χ0n) is 9.03. The monoisotopic (exact) mass is 207 g/mol. The highest BCUT2D eigenvalue weighted by atomic mass is 16.5. The molecular weight excluding hydrogens is 190 g/mol. The van der Waals surface area contributed by atoms with Crippen molar-refractivity contribution in [2.24, 2.45) is 0 Å². The lowest BCUT2D eigenvalue weighted by Crippen LogP contribution is -2.19. The average Bonchev–Trinajstić information content (AvgIpc) is 2.71. The summed E-state index contributed by atoms with van der Waals surface area (Å²) < 4.78 is 11.2. The number of hydrogen-bond acceptors (Lipinski definition) is 3. The minimum absolute atomic E-state index is 0.307. The van der Waals surface area contributed by atoms with Gasteiger partial charge in [0, 0.05) is 12.6 Å². The second-order valence-electron chi connectivity index (χ2n) is 3.64. The molecule has 1 N–H and O–H groups in total. The summed E-state index contributed by atoms with van der Waals surface area (Å²) in [5.41, 5.74) is 0. The van der Waals surface area contributed by atoms with E-state index in [-0.39, 0.29) is 0 Å². The Kier molecular flexibility index (Phi) is 3.45. The topological polar surface area (TPSA) is 30.5 Å². The van der Waals surface area contributed by atoms with Crippen LogP contribution in [0.15, 0.2) is 24.3 Å². The largest absolute Gasteiger partial charge is 0.494 e. The smallest absolute Gasteiger partial charge is 0.123 e. The summed E-state index contributed by atoms with van der Waals surface area (Å²) in [5.74, 6) is 1.77. The molecule has 1 aliphatic rings. The number of benzene rings is 1. The third kappa shape index (κ3) is 2.86. The number of hydrogen-bond donors (Lipinski definition) is 1. The van der Waals surface area contributed by atoms with Gasteiger partial charge in [-0.25, -0.2) is 0 Å². The van der Waals surface area contributed by atoms with Gasteiger partial charge in [0.25, 0.3) is 0 Å². The molecule has 0 aromatic heterocycles. The van der Waals surface area contributed by atoms with Gasteiger partial charge >= 0.3 is 0 Å². The van der Waals surface area contributed by atoms with Crippen molar-refractivity contribution in [3.63, 3.8) is 0 Å². The summed E-state index contributed by atoms with van der Waals surface area (Å²) >= 11 is 0. The first kappa shape index (κ1) is 10.3. The van der Waals surface area contributed by atoms with Crippen molar-refractivity contribution in [3.8, 4) is 11.5 Å². The van der Waals surface area contributed by atoms with Crippen molar-refractivity contribution in [2.45, 2.75) is 19.4 Å². The molecule has 0 spiro atoms. The van der Waals surface area contributed by atoms with Crippen molar-refractivity contribution in [2.75, 3.05) is 19.7 Å². The van der Waals surface area contributed by atoms with Gasteiger partial charge < -0.3 is 14.8 Å². The Morgan fingerprint density at radius 1 is 1.40 bits per heavy atom. The van der Waals surface area contributed by atoms with Gasteiger partial charge in [-0.2, -0.15) is 0 Å². The highest BCUT2D eigenvalue weighted by Gasteiger charge is 2.15. The lowest BCUT2D eigenvalue weighted by molar-refractivity contribution is 0.221. The third-order valence-corrected chi connectivity index (χ3v) is 2.43. The van der Waals surface area contributed by atoms with E-state index in [9.17, 15) is 0 Å². The van der Waals surface area contributed by atoms with Gasteiger partial charge in [0.15, 0.2) is 0 Å². The minimum Gasteiger partial charge on any atom is -0.494 e. The molecule has 1 aromatic rings. The summed E-state index contributed by atoms with van der Waals surface area (Å²) in [6.07, 6.45) is 1.39. The summed E-state index contributed by atoms with van der Waals surface area (Å²) in [4.78, 5) is 0. The van der Waals surface area contributed by atoms with Gasteiger partial charge in [-0.1, -0.05) is 6.07 Å². The van der Waals surface area contributed by atoms with Crippen LogP contribution in [0.1, 0.15) is 13.3 Å². The predicted molar refractivity (Wildman–Crippen MR) is 59.5 cm³/mol. The van der Waals surface area contributed by atoms with Crippen molar-refractivity contribution in [3.05, 3.63) is 24.3 Å². The van der Waals surface area contributed by atoms with E-state index in [2.05, 4.69) is 5.32 Å². The van der Waals surface area contributed by atoms with Gasteiger partial charge in [0.2, 0.25) is 0 Å². The molecule has 1 fully saturated rings. The minimum atomic E-state index is 0.307. The maximum absolute atomic E-state index is 5.82. The van der Waals surface area contributed by atoms with Crippen LogP contribution in [0.2, 0.25) is 0 Å². The van der Waals surface area contributed by atoms with Gasteiger partial charge in [0.05, 0.1) is 6.61 Å².